The van der Waals surface area contributed by atoms with Gasteiger partial charge in [0, 0.05) is 43.2 Å². The number of likely N-dealkylation sites (tertiary alicyclic amines) is 1. The summed E-state index contributed by atoms with van der Waals surface area (Å²) in [5, 5.41) is 7.59. The van der Waals surface area contributed by atoms with E-state index in [1.807, 2.05) is 36.2 Å². The molecule has 7 heteroatoms. The van der Waals surface area contributed by atoms with E-state index in [0.29, 0.717) is 12.2 Å². The second-order valence-corrected chi connectivity index (χ2v) is 8.77. The summed E-state index contributed by atoms with van der Waals surface area (Å²) in [7, 11) is 0. The molecule has 1 N–H and O–H groups in total. The summed E-state index contributed by atoms with van der Waals surface area (Å²) >= 11 is 0. The maximum atomic E-state index is 13.0. The van der Waals surface area contributed by atoms with Crippen molar-refractivity contribution in [2.45, 2.75) is 58.4 Å². The lowest BCUT2D eigenvalue weighted by Gasteiger charge is -2.32. The number of fused-ring (bicyclic) bond motifs is 1. The summed E-state index contributed by atoms with van der Waals surface area (Å²) in [6, 6.07) is 7.78. The molecule has 154 valence electrons. The first-order valence-electron chi connectivity index (χ1n) is 10.4. The summed E-state index contributed by atoms with van der Waals surface area (Å²) in [6.07, 6.45) is 4.71. The minimum Gasteiger partial charge on any atom is -0.365 e. The van der Waals surface area contributed by atoms with Crippen molar-refractivity contribution in [1.82, 2.24) is 19.4 Å². The first-order valence-corrected chi connectivity index (χ1v) is 10.4. The molecule has 1 atom stereocenters. The number of piperidine rings is 1. The Morgan fingerprint density at radius 1 is 1.34 bits per heavy atom. The number of rotatable bonds is 4. The van der Waals surface area contributed by atoms with Crippen LogP contribution in [0, 0.1) is 0 Å². The van der Waals surface area contributed by atoms with Crippen LogP contribution in [0.15, 0.2) is 35.0 Å². The molecule has 1 unspecified atom stereocenters. The standard InChI is InChI=1S/C22H29N5O2/c1-5-16-13-17(25-29-16)21(28)26-11-8-9-15(14-26)19-20(24-22(2,3)4)27-12-7-6-10-18(27)23-19/h6-7,10,12-13,15,24H,5,8-9,11,14H2,1-4H3. The van der Waals surface area contributed by atoms with E-state index in [-0.39, 0.29) is 17.4 Å². The third-order valence-electron chi connectivity index (χ3n) is 5.27. The van der Waals surface area contributed by atoms with Gasteiger partial charge in [-0.2, -0.15) is 0 Å². The summed E-state index contributed by atoms with van der Waals surface area (Å²) in [6.45, 7) is 9.79. The van der Waals surface area contributed by atoms with E-state index in [4.69, 9.17) is 9.51 Å². The number of aromatic nitrogens is 3. The Morgan fingerprint density at radius 3 is 2.90 bits per heavy atom. The van der Waals surface area contributed by atoms with Crippen LogP contribution < -0.4 is 5.32 Å². The second kappa shape index (κ2) is 7.54. The van der Waals surface area contributed by atoms with E-state index in [0.717, 1.165) is 48.7 Å². The normalized spacial score (nSPS) is 17.7. The fourth-order valence-corrected chi connectivity index (χ4v) is 3.91. The van der Waals surface area contributed by atoms with E-state index in [1.165, 1.54) is 0 Å². The average Bonchev–Trinajstić information content (AvgIpc) is 3.32. The van der Waals surface area contributed by atoms with Gasteiger partial charge in [-0.3, -0.25) is 9.20 Å². The zero-order valence-electron chi connectivity index (χ0n) is 17.6. The first-order chi connectivity index (χ1) is 13.9. The molecule has 1 aliphatic rings. The van der Waals surface area contributed by atoms with E-state index < -0.39 is 0 Å². The van der Waals surface area contributed by atoms with E-state index in [9.17, 15) is 4.79 Å². The Kier molecular flexibility index (Phi) is 5.06. The summed E-state index contributed by atoms with van der Waals surface area (Å²) in [4.78, 5) is 19.8. The lowest BCUT2D eigenvalue weighted by Crippen LogP contribution is -2.39. The smallest absolute Gasteiger partial charge is 0.276 e. The second-order valence-electron chi connectivity index (χ2n) is 8.77. The minimum absolute atomic E-state index is 0.0627. The SMILES string of the molecule is CCc1cc(C(=O)N2CCCC(c3nc4ccccn4c3NC(C)(C)C)C2)no1. The summed E-state index contributed by atoms with van der Waals surface area (Å²) < 4.78 is 7.33. The molecule has 1 amide bonds. The van der Waals surface area contributed by atoms with Crippen LogP contribution in [-0.4, -0.2) is 44.0 Å². The van der Waals surface area contributed by atoms with Crippen LogP contribution in [0.25, 0.3) is 5.65 Å². The largest absolute Gasteiger partial charge is 0.365 e. The summed E-state index contributed by atoms with van der Waals surface area (Å²) in [5.74, 6) is 1.86. The monoisotopic (exact) mass is 395 g/mol. The van der Waals surface area contributed by atoms with Gasteiger partial charge in [-0.25, -0.2) is 4.98 Å². The van der Waals surface area contributed by atoms with Gasteiger partial charge in [0.05, 0.1) is 5.69 Å². The van der Waals surface area contributed by atoms with Crippen molar-refractivity contribution < 1.29 is 9.32 Å². The summed E-state index contributed by atoms with van der Waals surface area (Å²) in [5.41, 5.74) is 2.24. The van der Waals surface area contributed by atoms with Gasteiger partial charge in [0.1, 0.15) is 17.2 Å². The molecular formula is C22H29N5O2. The van der Waals surface area contributed by atoms with Gasteiger partial charge in [0.25, 0.3) is 5.91 Å². The molecule has 0 bridgehead atoms. The number of imidazole rings is 1. The maximum absolute atomic E-state index is 13.0. The zero-order chi connectivity index (χ0) is 20.6. The molecule has 7 nitrogen and oxygen atoms in total. The van der Waals surface area contributed by atoms with Crippen molar-refractivity contribution in [3.63, 3.8) is 0 Å². The van der Waals surface area contributed by atoms with Crippen molar-refractivity contribution >= 4 is 17.4 Å². The molecule has 0 saturated carbocycles. The lowest BCUT2D eigenvalue weighted by molar-refractivity contribution is 0.0695. The third-order valence-corrected chi connectivity index (χ3v) is 5.27. The maximum Gasteiger partial charge on any atom is 0.276 e. The number of amides is 1. The minimum atomic E-state index is -0.0952. The van der Waals surface area contributed by atoms with Crippen molar-refractivity contribution in [3.05, 3.63) is 47.6 Å². The van der Waals surface area contributed by atoms with Crippen LogP contribution in [0.5, 0.6) is 0 Å². The number of carbonyl (C=O) groups is 1. The van der Waals surface area contributed by atoms with Crippen molar-refractivity contribution in [1.29, 1.82) is 0 Å². The van der Waals surface area contributed by atoms with Gasteiger partial charge in [-0.1, -0.05) is 18.1 Å². The van der Waals surface area contributed by atoms with Crippen LogP contribution >= 0.6 is 0 Å². The molecule has 3 aromatic heterocycles. The average molecular weight is 396 g/mol. The van der Waals surface area contributed by atoms with Crippen molar-refractivity contribution in [2.24, 2.45) is 0 Å². The number of nitrogens with zero attached hydrogens (tertiary/aromatic N) is 4. The Balaban J connectivity index is 1.63. The molecule has 1 aliphatic heterocycles. The van der Waals surface area contributed by atoms with Crippen LogP contribution in [0.1, 0.15) is 68.4 Å². The number of carbonyl (C=O) groups excluding carboxylic acids is 1. The molecule has 3 aromatic rings. The van der Waals surface area contributed by atoms with Crippen LogP contribution in [-0.2, 0) is 6.42 Å². The highest BCUT2D eigenvalue weighted by Crippen LogP contribution is 2.34. The highest BCUT2D eigenvalue weighted by Gasteiger charge is 2.31. The molecule has 29 heavy (non-hydrogen) atoms. The molecule has 0 radical (unpaired) electrons. The fourth-order valence-electron chi connectivity index (χ4n) is 3.91. The highest BCUT2D eigenvalue weighted by atomic mass is 16.5. The van der Waals surface area contributed by atoms with Crippen LogP contribution in [0.2, 0.25) is 0 Å². The van der Waals surface area contributed by atoms with Crippen LogP contribution in [0.4, 0.5) is 5.82 Å². The number of hydrogen-bond donors (Lipinski definition) is 1. The van der Waals surface area contributed by atoms with Crippen molar-refractivity contribution in [3.8, 4) is 0 Å². The Labute approximate surface area is 171 Å². The predicted octanol–water partition coefficient (Wildman–Crippen LogP) is 4.11. The first kappa shape index (κ1) is 19.5. The highest BCUT2D eigenvalue weighted by molar-refractivity contribution is 5.92. The Morgan fingerprint density at radius 2 is 2.17 bits per heavy atom. The fraction of sp³-hybridized carbons (Fsp3) is 0.500. The van der Waals surface area contributed by atoms with E-state index >= 15 is 0 Å². The topological polar surface area (TPSA) is 75.7 Å². The zero-order valence-corrected chi connectivity index (χ0v) is 17.6. The Hall–Kier alpha value is -2.83. The number of nitrogens with one attached hydrogen (secondary N) is 1. The van der Waals surface area contributed by atoms with Crippen molar-refractivity contribution in [2.75, 3.05) is 18.4 Å². The molecule has 0 aliphatic carbocycles. The van der Waals surface area contributed by atoms with Gasteiger partial charge in [-0.15, -0.1) is 0 Å². The van der Waals surface area contributed by atoms with Gasteiger partial charge in [0.15, 0.2) is 5.69 Å². The van der Waals surface area contributed by atoms with Gasteiger partial charge >= 0.3 is 0 Å². The van der Waals surface area contributed by atoms with Crippen LogP contribution in [0.3, 0.4) is 0 Å². The quantitative estimate of drug-likeness (QED) is 0.719. The molecule has 0 aromatic carbocycles. The molecule has 1 saturated heterocycles. The number of hydrogen-bond acceptors (Lipinski definition) is 5. The lowest BCUT2D eigenvalue weighted by atomic mass is 9.94. The Bertz CT molecular complexity index is 1010. The van der Waals surface area contributed by atoms with Gasteiger partial charge in [-0.05, 0) is 45.7 Å². The molecular weight excluding hydrogens is 366 g/mol. The molecule has 4 heterocycles. The number of pyridine rings is 1. The van der Waals surface area contributed by atoms with E-state index in [1.54, 1.807) is 6.07 Å². The van der Waals surface area contributed by atoms with Gasteiger partial charge in [0.2, 0.25) is 0 Å². The number of aryl methyl sites for hydroxylation is 1. The molecule has 1 fully saturated rings. The predicted molar refractivity (Wildman–Crippen MR) is 112 cm³/mol. The number of anilines is 1. The van der Waals surface area contributed by atoms with E-state index in [2.05, 4.69) is 35.6 Å². The van der Waals surface area contributed by atoms with Gasteiger partial charge < -0.3 is 14.7 Å². The molecule has 4 rings (SSSR count). The third kappa shape index (κ3) is 3.99. The molecule has 0 spiro atoms.